The molecule has 0 N–H and O–H groups in total. The van der Waals surface area contributed by atoms with Crippen LogP contribution in [0.5, 0.6) is 0 Å². The maximum absolute atomic E-state index is 13.5. The fraction of sp³-hybridized carbons (Fsp3) is 0.655. The van der Waals surface area contributed by atoms with Gasteiger partial charge in [-0.05, 0) is 60.8 Å². The second-order valence-corrected chi connectivity index (χ2v) is 11.2. The molecule has 2 bridgehead atoms. The molecule has 2 fully saturated rings. The number of carbonyl (C=O) groups is 2. The van der Waals surface area contributed by atoms with E-state index in [-0.39, 0.29) is 17.6 Å². The molecular weight excluding hydrogens is 441 g/mol. The summed E-state index contributed by atoms with van der Waals surface area (Å²) in [5.41, 5.74) is 2.24. The topological polar surface area (TPSA) is 43.9 Å². The van der Waals surface area contributed by atoms with Crippen molar-refractivity contribution in [1.29, 1.82) is 0 Å². The van der Waals surface area contributed by atoms with Crippen molar-refractivity contribution in [2.24, 2.45) is 17.3 Å². The van der Waals surface area contributed by atoms with Gasteiger partial charge in [0.05, 0.1) is 0 Å². The Morgan fingerprint density at radius 2 is 1.80 bits per heavy atom. The van der Waals surface area contributed by atoms with Gasteiger partial charge in [0.25, 0.3) is 5.91 Å². The Labute approximate surface area is 210 Å². The second-order valence-electron chi connectivity index (χ2n) is 11.2. The number of hydrogen-bond acceptors (Lipinski definition) is 3. The monoisotopic (exact) mass is 483 g/mol. The van der Waals surface area contributed by atoms with Crippen LogP contribution in [0.2, 0.25) is 0 Å². The van der Waals surface area contributed by atoms with Gasteiger partial charge < -0.3 is 9.80 Å². The largest absolute Gasteiger partial charge is 0.340 e. The van der Waals surface area contributed by atoms with E-state index in [2.05, 4.69) is 31.7 Å². The SMILES string of the molecule is CCCCCC(=O)N1CCN(CCN(CC2=CCC3CC2C3(C)C)C(=O)c2ccc(F)cc2)CC1. The van der Waals surface area contributed by atoms with Crippen LogP contribution in [-0.2, 0) is 4.79 Å². The Bertz CT molecular complexity index is 918. The van der Waals surface area contributed by atoms with Crippen LogP contribution >= 0.6 is 0 Å². The maximum atomic E-state index is 13.5. The molecule has 3 aliphatic carbocycles. The smallest absolute Gasteiger partial charge is 0.254 e. The lowest BCUT2D eigenvalue weighted by molar-refractivity contribution is -0.133. The summed E-state index contributed by atoms with van der Waals surface area (Å²) in [5.74, 6) is 1.23. The molecule has 1 saturated heterocycles. The van der Waals surface area contributed by atoms with Crippen molar-refractivity contribution < 1.29 is 14.0 Å². The molecule has 1 saturated carbocycles. The normalized spacial score (nSPS) is 23.4. The highest BCUT2D eigenvalue weighted by Crippen LogP contribution is 2.59. The summed E-state index contributed by atoms with van der Waals surface area (Å²) in [5, 5.41) is 0. The van der Waals surface area contributed by atoms with Crippen LogP contribution in [0, 0.1) is 23.1 Å². The van der Waals surface area contributed by atoms with Gasteiger partial charge in [0, 0.05) is 57.8 Å². The van der Waals surface area contributed by atoms with Gasteiger partial charge in [-0.25, -0.2) is 4.39 Å². The van der Waals surface area contributed by atoms with Crippen molar-refractivity contribution >= 4 is 11.8 Å². The molecule has 192 valence electrons. The van der Waals surface area contributed by atoms with Gasteiger partial charge in [0.15, 0.2) is 0 Å². The van der Waals surface area contributed by atoms with E-state index in [1.54, 1.807) is 12.1 Å². The standard InChI is InChI=1S/C29H42FN3O2/c1-4-5-6-7-27(34)32-17-14-31(15-18-32)16-19-33(28(35)22-9-12-25(30)13-10-22)21-23-8-11-24-20-26(23)29(24,2)3/h8-10,12-13,24,26H,4-7,11,14-21H2,1-3H3. The number of piperazine rings is 1. The molecule has 0 aromatic heterocycles. The van der Waals surface area contributed by atoms with Gasteiger partial charge in [-0.3, -0.25) is 14.5 Å². The van der Waals surface area contributed by atoms with Crippen LogP contribution in [0.1, 0.15) is 69.7 Å². The Hall–Kier alpha value is -2.21. The molecule has 5 rings (SSSR count). The molecule has 2 atom stereocenters. The average molecular weight is 484 g/mol. The summed E-state index contributed by atoms with van der Waals surface area (Å²) in [7, 11) is 0. The first-order valence-corrected chi connectivity index (χ1v) is 13.5. The number of carbonyl (C=O) groups excluding carboxylic acids is 2. The van der Waals surface area contributed by atoms with Crippen molar-refractivity contribution in [3.8, 4) is 0 Å². The molecule has 0 radical (unpaired) electrons. The molecule has 1 aromatic carbocycles. The molecule has 1 aliphatic heterocycles. The number of hydrogen-bond donors (Lipinski definition) is 0. The minimum absolute atomic E-state index is 0.0325. The summed E-state index contributed by atoms with van der Waals surface area (Å²) in [6, 6.07) is 5.90. The Kier molecular flexibility index (Phi) is 8.31. The molecule has 6 heteroatoms. The van der Waals surface area contributed by atoms with E-state index in [0.29, 0.717) is 36.4 Å². The molecule has 2 amide bonds. The van der Waals surface area contributed by atoms with E-state index in [9.17, 15) is 14.0 Å². The Morgan fingerprint density at radius 1 is 1.09 bits per heavy atom. The van der Waals surface area contributed by atoms with E-state index in [0.717, 1.165) is 64.3 Å². The zero-order valence-corrected chi connectivity index (χ0v) is 21.8. The number of halogens is 1. The molecule has 5 nitrogen and oxygen atoms in total. The number of rotatable bonds is 10. The molecule has 4 aliphatic rings. The third-order valence-electron chi connectivity index (χ3n) is 8.74. The summed E-state index contributed by atoms with van der Waals surface area (Å²) < 4.78 is 13.5. The lowest BCUT2D eigenvalue weighted by Gasteiger charge is -2.57. The molecule has 35 heavy (non-hydrogen) atoms. The highest BCUT2D eigenvalue weighted by Gasteiger charge is 2.51. The van der Waals surface area contributed by atoms with Crippen molar-refractivity contribution in [2.75, 3.05) is 45.8 Å². The van der Waals surface area contributed by atoms with Gasteiger partial charge >= 0.3 is 0 Å². The zero-order chi connectivity index (χ0) is 25.0. The third kappa shape index (κ3) is 5.96. The first kappa shape index (κ1) is 25.9. The van der Waals surface area contributed by atoms with Crippen molar-refractivity contribution in [3.05, 3.63) is 47.3 Å². The predicted molar refractivity (Wildman–Crippen MR) is 138 cm³/mol. The van der Waals surface area contributed by atoms with Gasteiger partial charge in [0.2, 0.25) is 5.91 Å². The quantitative estimate of drug-likeness (QED) is 0.348. The second kappa shape index (κ2) is 11.2. The lowest BCUT2D eigenvalue weighted by atomic mass is 9.49. The van der Waals surface area contributed by atoms with Crippen LogP contribution in [0.3, 0.4) is 0 Å². The van der Waals surface area contributed by atoms with Gasteiger partial charge in [-0.1, -0.05) is 45.3 Å². The molecule has 1 heterocycles. The van der Waals surface area contributed by atoms with E-state index in [1.807, 2.05) is 9.80 Å². The van der Waals surface area contributed by atoms with Crippen LogP contribution < -0.4 is 0 Å². The van der Waals surface area contributed by atoms with Crippen LogP contribution in [-0.4, -0.2) is 72.3 Å². The number of benzene rings is 1. The number of nitrogens with zero attached hydrogens (tertiary/aromatic N) is 3. The zero-order valence-electron chi connectivity index (χ0n) is 21.8. The van der Waals surface area contributed by atoms with Crippen molar-refractivity contribution in [1.82, 2.24) is 14.7 Å². The van der Waals surface area contributed by atoms with Crippen LogP contribution in [0.4, 0.5) is 4.39 Å². The number of unbranched alkanes of at least 4 members (excludes halogenated alkanes) is 2. The minimum atomic E-state index is -0.326. The molecule has 0 spiro atoms. The number of fused-ring (bicyclic) bond motifs is 1. The number of amides is 2. The van der Waals surface area contributed by atoms with Crippen molar-refractivity contribution in [3.63, 3.8) is 0 Å². The summed E-state index contributed by atoms with van der Waals surface area (Å²) in [4.78, 5) is 32.2. The highest BCUT2D eigenvalue weighted by molar-refractivity contribution is 5.94. The number of allylic oxidation sites excluding steroid dienone is 1. The first-order valence-electron chi connectivity index (χ1n) is 13.5. The van der Waals surface area contributed by atoms with Gasteiger partial charge in [-0.15, -0.1) is 0 Å². The Morgan fingerprint density at radius 3 is 2.43 bits per heavy atom. The fourth-order valence-electron chi connectivity index (χ4n) is 6.07. The maximum Gasteiger partial charge on any atom is 0.254 e. The predicted octanol–water partition coefficient (Wildman–Crippen LogP) is 4.98. The van der Waals surface area contributed by atoms with E-state index >= 15 is 0 Å². The van der Waals surface area contributed by atoms with Gasteiger partial charge in [-0.2, -0.15) is 0 Å². The Balaban J connectivity index is 1.35. The fourth-order valence-corrected chi connectivity index (χ4v) is 6.07. The highest BCUT2D eigenvalue weighted by atomic mass is 19.1. The van der Waals surface area contributed by atoms with Crippen LogP contribution in [0.25, 0.3) is 0 Å². The average Bonchev–Trinajstić information content (AvgIpc) is 2.87. The summed E-state index contributed by atoms with van der Waals surface area (Å²) >= 11 is 0. The first-order chi connectivity index (χ1) is 16.8. The summed E-state index contributed by atoms with van der Waals surface area (Å²) in [6.45, 7) is 12.1. The van der Waals surface area contributed by atoms with Gasteiger partial charge in [0.1, 0.15) is 5.82 Å². The van der Waals surface area contributed by atoms with Crippen LogP contribution in [0.15, 0.2) is 35.9 Å². The molecular formula is C29H42FN3O2. The third-order valence-corrected chi connectivity index (χ3v) is 8.74. The lowest BCUT2D eigenvalue weighted by Crippen LogP contribution is -2.52. The van der Waals surface area contributed by atoms with E-state index < -0.39 is 0 Å². The minimum Gasteiger partial charge on any atom is -0.340 e. The van der Waals surface area contributed by atoms with E-state index in [1.165, 1.54) is 24.1 Å². The van der Waals surface area contributed by atoms with E-state index in [4.69, 9.17) is 0 Å². The molecule has 1 aromatic rings. The van der Waals surface area contributed by atoms with Crippen molar-refractivity contribution in [2.45, 2.75) is 59.3 Å². The molecule has 2 unspecified atom stereocenters. The summed E-state index contributed by atoms with van der Waals surface area (Å²) in [6.07, 6.45) is 8.56.